The highest BCUT2D eigenvalue weighted by Crippen LogP contribution is 2.19. The maximum atomic E-state index is 11.8. The van der Waals surface area contributed by atoms with Crippen LogP contribution in [0.2, 0.25) is 0 Å². The molecule has 21 heavy (non-hydrogen) atoms. The van der Waals surface area contributed by atoms with Gasteiger partial charge in [-0.1, -0.05) is 0 Å². The highest BCUT2D eigenvalue weighted by Gasteiger charge is 2.26. The molecule has 1 heterocycles. The molecule has 1 aliphatic heterocycles. The number of β-amino-alcohol motifs (C(OH)–C–C–N with tert-alkyl or cyclic N) is 1. The average Bonchev–Trinajstić information content (AvgIpc) is 2.74. The van der Waals surface area contributed by atoms with E-state index >= 15 is 0 Å². The Morgan fingerprint density at radius 3 is 2.71 bits per heavy atom. The van der Waals surface area contributed by atoms with E-state index in [1.54, 1.807) is 7.05 Å². The molecule has 0 spiro atoms. The molecule has 2 N–H and O–H groups in total. The van der Waals surface area contributed by atoms with Crippen LogP contribution in [-0.2, 0) is 4.74 Å². The minimum Gasteiger partial charge on any atom is -0.444 e. The molecule has 2 atom stereocenters. The highest BCUT2D eigenvalue weighted by atomic mass is 16.6. The van der Waals surface area contributed by atoms with Crippen LogP contribution in [0.15, 0.2) is 0 Å². The molecule has 6 heteroatoms. The van der Waals surface area contributed by atoms with E-state index in [1.807, 2.05) is 20.8 Å². The molecule has 1 rings (SSSR count). The second kappa shape index (κ2) is 7.96. The lowest BCUT2D eigenvalue weighted by Gasteiger charge is -2.27. The first kappa shape index (κ1) is 18.2. The zero-order valence-corrected chi connectivity index (χ0v) is 13.7. The van der Waals surface area contributed by atoms with Crippen molar-refractivity contribution in [3.05, 3.63) is 0 Å². The van der Waals surface area contributed by atoms with E-state index in [0.29, 0.717) is 12.5 Å². The molecule has 0 aliphatic carbocycles. The number of hydrogen-bond acceptors (Lipinski definition) is 5. The fourth-order valence-electron chi connectivity index (χ4n) is 2.58. The molecular weight excluding hydrogens is 272 g/mol. The van der Waals surface area contributed by atoms with E-state index in [9.17, 15) is 9.90 Å². The summed E-state index contributed by atoms with van der Waals surface area (Å²) in [6.45, 7) is 8.35. The summed E-state index contributed by atoms with van der Waals surface area (Å²) in [6.07, 6.45) is 0.885. The van der Waals surface area contributed by atoms with E-state index in [1.165, 1.54) is 4.90 Å². The highest BCUT2D eigenvalue weighted by molar-refractivity contribution is 5.67. The normalized spacial score (nSPS) is 21.3. The van der Waals surface area contributed by atoms with Gasteiger partial charge in [-0.05, 0) is 46.1 Å². The molecule has 0 aromatic rings. The van der Waals surface area contributed by atoms with Crippen molar-refractivity contribution in [1.82, 2.24) is 9.80 Å². The molecule has 0 aromatic carbocycles. The first-order chi connectivity index (χ1) is 9.71. The van der Waals surface area contributed by atoms with Gasteiger partial charge < -0.3 is 24.7 Å². The van der Waals surface area contributed by atoms with Gasteiger partial charge in [-0.15, -0.1) is 0 Å². The smallest absolute Gasteiger partial charge is 0.410 e. The van der Waals surface area contributed by atoms with Crippen molar-refractivity contribution in [1.29, 1.82) is 0 Å². The van der Waals surface area contributed by atoms with Gasteiger partial charge in [0, 0.05) is 26.7 Å². The van der Waals surface area contributed by atoms with Crippen molar-refractivity contribution in [2.24, 2.45) is 5.92 Å². The zero-order valence-electron chi connectivity index (χ0n) is 13.7. The van der Waals surface area contributed by atoms with E-state index in [0.717, 1.165) is 25.9 Å². The SMILES string of the molecule is CN(C[C@@H](O)CN1CC[C@@H](CCO)C1)C(=O)OC(C)(C)C. The van der Waals surface area contributed by atoms with Crippen molar-refractivity contribution in [3.63, 3.8) is 0 Å². The first-order valence-corrected chi connectivity index (χ1v) is 7.66. The van der Waals surface area contributed by atoms with Gasteiger partial charge in [-0.3, -0.25) is 0 Å². The van der Waals surface area contributed by atoms with Crippen molar-refractivity contribution in [3.8, 4) is 0 Å². The van der Waals surface area contributed by atoms with Crippen LogP contribution in [0.5, 0.6) is 0 Å². The van der Waals surface area contributed by atoms with Gasteiger partial charge in [0.05, 0.1) is 12.6 Å². The number of aliphatic hydroxyl groups is 2. The molecule has 1 amide bonds. The van der Waals surface area contributed by atoms with E-state index in [2.05, 4.69) is 4.90 Å². The predicted molar refractivity (Wildman–Crippen MR) is 81.1 cm³/mol. The third kappa shape index (κ3) is 7.11. The van der Waals surface area contributed by atoms with Crippen molar-refractivity contribution in [2.45, 2.75) is 45.3 Å². The molecule has 1 saturated heterocycles. The third-order valence-electron chi connectivity index (χ3n) is 3.57. The van der Waals surface area contributed by atoms with Crippen LogP contribution in [0.4, 0.5) is 4.79 Å². The van der Waals surface area contributed by atoms with Gasteiger partial charge >= 0.3 is 6.09 Å². The molecule has 6 nitrogen and oxygen atoms in total. The second-order valence-electron chi connectivity index (χ2n) is 6.94. The Morgan fingerprint density at radius 1 is 1.48 bits per heavy atom. The zero-order chi connectivity index (χ0) is 16.0. The number of amides is 1. The average molecular weight is 302 g/mol. The fourth-order valence-corrected chi connectivity index (χ4v) is 2.58. The molecule has 124 valence electrons. The summed E-state index contributed by atoms with van der Waals surface area (Å²) in [7, 11) is 1.63. The van der Waals surface area contributed by atoms with Crippen molar-refractivity contribution in [2.75, 3.05) is 39.8 Å². The summed E-state index contributed by atoms with van der Waals surface area (Å²) < 4.78 is 5.25. The lowest BCUT2D eigenvalue weighted by molar-refractivity contribution is 0.0173. The van der Waals surface area contributed by atoms with Crippen LogP contribution in [0.3, 0.4) is 0 Å². The summed E-state index contributed by atoms with van der Waals surface area (Å²) in [5, 5.41) is 19.0. The molecule has 0 aromatic heterocycles. The van der Waals surface area contributed by atoms with Gasteiger partial charge in [0.2, 0.25) is 0 Å². The number of nitrogens with zero attached hydrogens (tertiary/aromatic N) is 2. The summed E-state index contributed by atoms with van der Waals surface area (Å²) in [5.41, 5.74) is -0.525. The Kier molecular flexibility index (Phi) is 6.90. The predicted octanol–water partition coefficient (Wildman–Crippen LogP) is 0.918. The molecule has 1 aliphatic rings. The van der Waals surface area contributed by atoms with Crippen LogP contribution in [0.1, 0.15) is 33.6 Å². The topological polar surface area (TPSA) is 73.2 Å². The van der Waals surface area contributed by atoms with Crippen LogP contribution in [-0.4, -0.2) is 77.6 Å². The van der Waals surface area contributed by atoms with Crippen molar-refractivity contribution < 1.29 is 19.7 Å². The number of hydrogen-bond donors (Lipinski definition) is 2. The maximum Gasteiger partial charge on any atom is 0.410 e. The summed E-state index contributed by atoms with van der Waals surface area (Å²) in [5.74, 6) is 0.519. The standard InChI is InChI=1S/C15H30N2O4/c1-15(2,3)21-14(20)16(4)10-13(19)11-17-7-5-12(9-17)6-8-18/h12-13,18-19H,5-11H2,1-4H3/t12-,13+/m0/s1. The Hall–Kier alpha value is -0.850. The minimum atomic E-state index is -0.588. The number of likely N-dealkylation sites (tertiary alicyclic amines) is 1. The van der Waals surface area contributed by atoms with E-state index in [4.69, 9.17) is 9.84 Å². The largest absolute Gasteiger partial charge is 0.444 e. The third-order valence-corrected chi connectivity index (χ3v) is 3.57. The number of carbonyl (C=O) groups excluding carboxylic acids is 1. The second-order valence-corrected chi connectivity index (χ2v) is 6.94. The number of carbonyl (C=O) groups is 1. The number of ether oxygens (including phenoxy) is 1. The van der Waals surface area contributed by atoms with Crippen LogP contribution in [0, 0.1) is 5.92 Å². The monoisotopic (exact) mass is 302 g/mol. The van der Waals surface area contributed by atoms with Crippen LogP contribution >= 0.6 is 0 Å². The quantitative estimate of drug-likeness (QED) is 0.763. The minimum absolute atomic E-state index is 0.225. The van der Waals surface area contributed by atoms with Gasteiger partial charge in [-0.2, -0.15) is 0 Å². The van der Waals surface area contributed by atoms with E-state index < -0.39 is 17.8 Å². The van der Waals surface area contributed by atoms with Gasteiger partial charge in [0.25, 0.3) is 0 Å². The lowest BCUT2D eigenvalue weighted by Crippen LogP contribution is -2.42. The number of likely N-dealkylation sites (N-methyl/N-ethyl adjacent to an activating group) is 1. The van der Waals surface area contributed by atoms with Gasteiger partial charge in [0.15, 0.2) is 0 Å². The molecule has 0 bridgehead atoms. The molecule has 0 radical (unpaired) electrons. The molecular formula is C15H30N2O4. The lowest BCUT2D eigenvalue weighted by atomic mass is 10.1. The fraction of sp³-hybridized carbons (Fsp3) is 0.933. The number of rotatable bonds is 6. The Morgan fingerprint density at radius 2 is 2.14 bits per heavy atom. The molecule has 1 fully saturated rings. The summed E-state index contributed by atoms with van der Waals surface area (Å²) >= 11 is 0. The Bertz CT molecular complexity index is 330. The molecule has 0 unspecified atom stereocenters. The Balaban J connectivity index is 2.30. The van der Waals surface area contributed by atoms with Crippen molar-refractivity contribution >= 4 is 6.09 Å². The van der Waals surface area contributed by atoms with Gasteiger partial charge in [-0.25, -0.2) is 4.79 Å². The number of aliphatic hydroxyl groups excluding tert-OH is 2. The van der Waals surface area contributed by atoms with Crippen LogP contribution < -0.4 is 0 Å². The summed E-state index contributed by atoms with van der Waals surface area (Å²) in [6, 6.07) is 0. The van der Waals surface area contributed by atoms with Crippen LogP contribution in [0.25, 0.3) is 0 Å². The van der Waals surface area contributed by atoms with E-state index in [-0.39, 0.29) is 13.2 Å². The maximum absolute atomic E-state index is 11.8. The summed E-state index contributed by atoms with van der Waals surface area (Å²) in [4.78, 5) is 15.4. The first-order valence-electron chi connectivity index (χ1n) is 7.66. The molecule has 0 saturated carbocycles. The Labute approximate surface area is 127 Å². The van der Waals surface area contributed by atoms with Gasteiger partial charge in [0.1, 0.15) is 5.60 Å².